The monoisotopic (exact) mass is 371 g/mol. The second-order valence-electron chi connectivity index (χ2n) is 5.08. The van der Waals surface area contributed by atoms with Crippen molar-refractivity contribution in [2.75, 3.05) is 0 Å². The molecule has 3 N–H and O–H groups in total. The minimum absolute atomic E-state index is 0. The molecule has 3 rings (SSSR count). The minimum atomic E-state index is -4.53. The number of halogens is 4. The Kier molecular flexibility index (Phi) is 5.34. The lowest BCUT2D eigenvalue weighted by Gasteiger charge is -2.14. The van der Waals surface area contributed by atoms with E-state index in [4.69, 9.17) is 10.2 Å². The third kappa shape index (κ3) is 3.92. The molecule has 0 saturated carbocycles. The van der Waals surface area contributed by atoms with Crippen molar-refractivity contribution >= 4 is 12.4 Å². The molecular weight excluding hydrogens is 359 g/mol. The number of H-pyrrole nitrogens is 1. The molecule has 0 amide bonds. The second-order valence-corrected chi connectivity index (χ2v) is 5.08. The maximum Gasteiger partial charge on any atom is 0.434 e. The fraction of sp³-hybridized carbons (Fsp3) is 0.125. The molecule has 0 atom stereocenters. The molecule has 0 fully saturated rings. The van der Waals surface area contributed by atoms with Gasteiger partial charge in [-0.05, 0) is 41.0 Å². The molecule has 0 aliphatic carbocycles. The number of aromatic amines is 1. The highest BCUT2D eigenvalue weighted by molar-refractivity contribution is 5.85. The average molecular weight is 372 g/mol. The van der Waals surface area contributed by atoms with Crippen LogP contribution in [0.1, 0.15) is 11.1 Å². The summed E-state index contributed by atoms with van der Waals surface area (Å²) in [5.74, 6) is -0.860. The first kappa shape index (κ1) is 18.8. The van der Waals surface area contributed by atoms with Crippen molar-refractivity contribution in [3.63, 3.8) is 0 Å². The number of hydrogen-bond acceptors (Lipinski definition) is 4. The Bertz CT molecular complexity index is 935. The van der Waals surface area contributed by atoms with E-state index in [2.05, 4.69) is 10.2 Å². The van der Waals surface area contributed by atoms with Crippen LogP contribution in [0, 0.1) is 0 Å². The van der Waals surface area contributed by atoms with Crippen molar-refractivity contribution in [2.45, 2.75) is 12.7 Å². The van der Waals surface area contributed by atoms with E-state index in [1.165, 1.54) is 12.1 Å². The van der Waals surface area contributed by atoms with Crippen LogP contribution in [0.5, 0.6) is 0 Å². The largest absolute Gasteiger partial charge is 0.434 e. The molecular formula is C16H13ClF3N3O2. The first-order valence-corrected chi connectivity index (χ1v) is 6.95. The highest BCUT2D eigenvalue weighted by atomic mass is 35.5. The fourth-order valence-electron chi connectivity index (χ4n) is 2.38. The zero-order valence-corrected chi connectivity index (χ0v) is 13.4. The molecule has 5 nitrogen and oxygen atoms in total. The van der Waals surface area contributed by atoms with Crippen molar-refractivity contribution in [3.05, 3.63) is 64.1 Å². The Morgan fingerprint density at radius 3 is 2.48 bits per heavy atom. The van der Waals surface area contributed by atoms with Crippen LogP contribution >= 0.6 is 12.4 Å². The molecule has 132 valence electrons. The predicted molar refractivity (Wildman–Crippen MR) is 88.1 cm³/mol. The van der Waals surface area contributed by atoms with Crippen LogP contribution in [-0.2, 0) is 12.7 Å². The first-order valence-electron chi connectivity index (χ1n) is 6.95. The van der Waals surface area contributed by atoms with E-state index in [-0.39, 0.29) is 36.0 Å². The van der Waals surface area contributed by atoms with Gasteiger partial charge in [0.2, 0.25) is 5.89 Å². The number of nitrogens with one attached hydrogen (secondary N) is 1. The molecule has 0 radical (unpaired) electrons. The number of aromatic nitrogens is 2. The predicted octanol–water partition coefficient (Wildman–Crippen LogP) is 3.60. The van der Waals surface area contributed by atoms with Gasteiger partial charge in [-0.1, -0.05) is 18.2 Å². The number of benzene rings is 2. The Balaban J connectivity index is 0.00000225. The molecule has 0 aliphatic heterocycles. The van der Waals surface area contributed by atoms with Gasteiger partial charge in [-0.25, -0.2) is 9.89 Å². The molecule has 0 saturated heterocycles. The number of rotatable bonds is 3. The molecule has 0 unspecified atom stereocenters. The van der Waals surface area contributed by atoms with Crippen LogP contribution in [0.4, 0.5) is 13.2 Å². The maximum absolute atomic E-state index is 13.3. The SMILES string of the molecule is Cl.NCc1cccc(-c2cc(-c3n[nH]c(=O)o3)ccc2C(F)(F)F)c1. The molecule has 9 heteroatoms. The number of nitrogens with two attached hydrogens (primary N) is 1. The Labute approximate surface area is 146 Å². The summed E-state index contributed by atoms with van der Waals surface area (Å²) in [7, 11) is 0. The van der Waals surface area contributed by atoms with E-state index in [1.54, 1.807) is 24.3 Å². The van der Waals surface area contributed by atoms with Crippen LogP contribution in [-0.4, -0.2) is 10.2 Å². The van der Waals surface area contributed by atoms with Gasteiger partial charge in [-0.3, -0.25) is 0 Å². The van der Waals surface area contributed by atoms with Gasteiger partial charge in [-0.2, -0.15) is 13.2 Å². The topological polar surface area (TPSA) is 84.9 Å². The Morgan fingerprint density at radius 1 is 1.12 bits per heavy atom. The Hall–Kier alpha value is -2.58. The molecule has 25 heavy (non-hydrogen) atoms. The summed E-state index contributed by atoms with van der Waals surface area (Å²) in [6.07, 6.45) is -4.53. The van der Waals surface area contributed by atoms with E-state index in [1.807, 2.05) is 0 Å². The van der Waals surface area contributed by atoms with Crippen molar-refractivity contribution in [1.82, 2.24) is 10.2 Å². The number of hydrogen-bond donors (Lipinski definition) is 2. The van der Waals surface area contributed by atoms with Crippen LogP contribution < -0.4 is 11.5 Å². The number of nitrogens with zero attached hydrogens (tertiary/aromatic N) is 1. The van der Waals surface area contributed by atoms with Crippen LogP contribution in [0.3, 0.4) is 0 Å². The van der Waals surface area contributed by atoms with E-state index in [0.717, 1.165) is 6.07 Å². The first-order chi connectivity index (χ1) is 11.4. The Morgan fingerprint density at radius 2 is 1.88 bits per heavy atom. The summed E-state index contributed by atoms with van der Waals surface area (Å²) < 4.78 is 44.8. The lowest BCUT2D eigenvalue weighted by Crippen LogP contribution is -2.07. The molecule has 0 aliphatic rings. The van der Waals surface area contributed by atoms with Crippen molar-refractivity contribution < 1.29 is 17.6 Å². The zero-order chi connectivity index (χ0) is 17.3. The molecule has 3 aromatic rings. The van der Waals surface area contributed by atoms with E-state index >= 15 is 0 Å². The summed E-state index contributed by atoms with van der Waals surface area (Å²) in [5.41, 5.74) is 6.05. The van der Waals surface area contributed by atoms with Crippen molar-refractivity contribution in [1.29, 1.82) is 0 Å². The van der Waals surface area contributed by atoms with E-state index in [0.29, 0.717) is 11.1 Å². The molecule has 2 aromatic carbocycles. The molecule has 0 bridgehead atoms. The van der Waals surface area contributed by atoms with Gasteiger partial charge in [0.05, 0.1) is 5.56 Å². The number of alkyl halides is 3. The van der Waals surface area contributed by atoms with Crippen LogP contribution in [0.2, 0.25) is 0 Å². The summed E-state index contributed by atoms with van der Waals surface area (Å²) in [6.45, 7) is 0.211. The molecule has 1 heterocycles. The van der Waals surface area contributed by atoms with Gasteiger partial charge in [-0.15, -0.1) is 17.5 Å². The van der Waals surface area contributed by atoms with Gasteiger partial charge in [0, 0.05) is 12.1 Å². The lowest BCUT2D eigenvalue weighted by molar-refractivity contribution is -0.137. The fourth-order valence-corrected chi connectivity index (χ4v) is 2.38. The van der Waals surface area contributed by atoms with Gasteiger partial charge in [0.1, 0.15) is 0 Å². The van der Waals surface area contributed by atoms with Gasteiger partial charge in [0.15, 0.2) is 0 Å². The van der Waals surface area contributed by atoms with Crippen molar-refractivity contribution in [3.8, 4) is 22.6 Å². The van der Waals surface area contributed by atoms with Crippen LogP contribution in [0.15, 0.2) is 51.7 Å². The second kappa shape index (κ2) is 7.12. The van der Waals surface area contributed by atoms with E-state index in [9.17, 15) is 18.0 Å². The normalized spacial score (nSPS) is 11.2. The average Bonchev–Trinajstić information content (AvgIpc) is 3.00. The maximum atomic E-state index is 13.3. The molecule has 1 aromatic heterocycles. The quantitative estimate of drug-likeness (QED) is 0.736. The summed E-state index contributed by atoms with van der Waals surface area (Å²) >= 11 is 0. The minimum Gasteiger partial charge on any atom is -0.388 e. The lowest BCUT2D eigenvalue weighted by atomic mass is 9.95. The summed E-state index contributed by atoms with van der Waals surface area (Å²) in [5, 5.41) is 5.72. The van der Waals surface area contributed by atoms with E-state index < -0.39 is 17.5 Å². The van der Waals surface area contributed by atoms with Gasteiger partial charge in [0.25, 0.3) is 0 Å². The van der Waals surface area contributed by atoms with Crippen LogP contribution in [0.25, 0.3) is 22.6 Å². The third-order valence-corrected chi connectivity index (χ3v) is 3.48. The smallest absolute Gasteiger partial charge is 0.388 e. The zero-order valence-electron chi connectivity index (χ0n) is 12.6. The summed E-state index contributed by atoms with van der Waals surface area (Å²) in [4.78, 5) is 11.0. The van der Waals surface area contributed by atoms with Gasteiger partial charge >= 0.3 is 11.9 Å². The summed E-state index contributed by atoms with van der Waals surface area (Å²) in [6, 6.07) is 9.96. The highest BCUT2D eigenvalue weighted by Gasteiger charge is 2.34. The third-order valence-electron chi connectivity index (χ3n) is 3.48. The van der Waals surface area contributed by atoms with Crippen molar-refractivity contribution in [2.24, 2.45) is 5.73 Å². The highest BCUT2D eigenvalue weighted by Crippen LogP contribution is 2.39. The molecule has 0 spiro atoms. The van der Waals surface area contributed by atoms with Gasteiger partial charge < -0.3 is 10.2 Å². The standard InChI is InChI=1S/C16H12F3N3O2.ClH/c17-16(18,19)13-5-4-11(14-21-22-15(23)24-14)7-12(13)10-3-1-2-9(6-10)8-20;/h1-7H,8,20H2,(H,22,23);1H.